The van der Waals surface area contributed by atoms with Crippen LogP contribution in [-0.2, 0) is 19.1 Å². The molecule has 0 aliphatic rings. The van der Waals surface area contributed by atoms with E-state index in [0.717, 1.165) is 0 Å². The van der Waals surface area contributed by atoms with Gasteiger partial charge in [-0.1, -0.05) is 12.0 Å². The third-order valence-corrected chi connectivity index (χ3v) is 4.70. The van der Waals surface area contributed by atoms with Crippen molar-refractivity contribution >= 4 is 17.7 Å². The van der Waals surface area contributed by atoms with E-state index in [1.807, 2.05) is 0 Å². The molecule has 0 radical (unpaired) electrons. The van der Waals surface area contributed by atoms with Gasteiger partial charge in [-0.25, -0.2) is 0 Å². The highest BCUT2D eigenvalue weighted by Gasteiger charge is 2.34. The standard InChI is InChI=1S/C19H31N5O4/c1-14(15(2)25)11-16(18(27)24(4)5)12-19(3,13-20)8-7-17(26)28-10-6-9-22-23-21/h14,16H,6-12H2,1-5H3. The van der Waals surface area contributed by atoms with Crippen LogP contribution in [0.4, 0.5) is 0 Å². The van der Waals surface area contributed by atoms with Gasteiger partial charge in [-0.3, -0.25) is 14.4 Å². The number of ketones is 1. The van der Waals surface area contributed by atoms with Crippen LogP contribution in [0.5, 0.6) is 0 Å². The molecule has 0 aromatic rings. The minimum atomic E-state index is -0.892. The molecular weight excluding hydrogens is 362 g/mol. The van der Waals surface area contributed by atoms with Gasteiger partial charge in [0, 0.05) is 43.8 Å². The first kappa shape index (κ1) is 25.4. The number of carbonyl (C=O) groups excluding carboxylic acids is 3. The molecular formula is C19H31N5O4. The molecule has 0 saturated heterocycles. The summed E-state index contributed by atoms with van der Waals surface area (Å²) in [5, 5.41) is 13.0. The van der Waals surface area contributed by atoms with Crippen LogP contribution in [0.3, 0.4) is 0 Å². The molecule has 0 heterocycles. The number of Topliss-reactive ketones (excluding diaryl/α,β-unsaturated/α-hetero) is 1. The smallest absolute Gasteiger partial charge is 0.305 e. The molecule has 0 fully saturated rings. The highest BCUT2D eigenvalue weighted by atomic mass is 16.5. The third kappa shape index (κ3) is 9.93. The van der Waals surface area contributed by atoms with Gasteiger partial charge in [0.1, 0.15) is 5.78 Å². The summed E-state index contributed by atoms with van der Waals surface area (Å²) < 4.78 is 5.06. The first-order valence-corrected chi connectivity index (χ1v) is 9.35. The first-order valence-electron chi connectivity index (χ1n) is 9.35. The molecule has 3 unspecified atom stereocenters. The molecule has 28 heavy (non-hydrogen) atoms. The zero-order valence-electron chi connectivity index (χ0n) is 17.5. The molecule has 0 saturated carbocycles. The molecule has 0 spiro atoms. The average Bonchev–Trinajstić information content (AvgIpc) is 2.64. The van der Waals surface area contributed by atoms with E-state index in [0.29, 0.717) is 12.8 Å². The molecule has 0 aliphatic carbocycles. The summed E-state index contributed by atoms with van der Waals surface area (Å²) in [5.74, 6) is -1.32. The fraction of sp³-hybridized carbons (Fsp3) is 0.789. The summed E-state index contributed by atoms with van der Waals surface area (Å²) in [6, 6.07) is 2.23. The fourth-order valence-corrected chi connectivity index (χ4v) is 2.79. The molecule has 1 amide bonds. The Bertz CT molecular complexity index is 637. The number of esters is 1. The van der Waals surface area contributed by atoms with Crippen LogP contribution in [0.2, 0.25) is 0 Å². The minimum absolute atomic E-state index is 0.000438. The van der Waals surface area contributed by atoms with E-state index in [-0.39, 0.29) is 50.0 Å². The van der Waals surface area contributed by atoms with Crippen LogP contribution >= 0.6 is 0 Å². The molecule has 9 heteroatoms. The Morgan fingerprint density at radius 3 is 2.50 bits per heavy atom. The van der Waals surface area contributed by atoms with Crippen LogP contribution in [0.15, 0.2) is 5.11 Å². The van der Waals surface area contributed by atoms with Crippen molar-refractivity contribution in [1.82, 2.24) is 4.90 Å². The molecule has 3 atom stereocenters. The van der Waals surface area contributed by atoms with Crippen LogP contribution < -0.4 is 0 Å². The lowest BCUT2D eigenvalue weighted by Crippen LogP contribution is -2.35. The summed E-state index contributed by atoms with van der Waals surface area (Å²) in [6.07, 6.45) is 1.38. The second kappa shape index (κ2) is 12.7. The van der Waals surface area contributed by atoms with Crippen molar-refractivity contribution in [1.29, 1.82) is 5.26 Å². The van der Waals surface area contributed by atoms with Gasteiger partial charge >= 0.3 is 5.97 Å². The lowest BCUT2D eigenvalue weighted by molar-refractivity contribution is -0.144. The van der Waals surface area contributed by atoms with Crippen LogP contribution in [0.25, 0.3) is 10.4 Å². The van der Waals surface area contributed by atoms with Crippen molar-refractivity contribution in [2.45, 2.75) is 52.9 Å². The predicted octanol–water partition coefficient (Wildman–Crippen LogP) is 3.25. The predicted molar refractivity (Wildman–Crippen MR) is 104 cm³/mol. The molecule has 9 nitrogen and oxygen atoms in total. The molecule has 0 aromatic heterocycles. The van der Waals surface area contributed by atoms with Gasteiger partial charge in [0.05, 0.1) is 18.1 Å². The van der Waals surface area contributed by atoms with E-state index >= 15 is 0 Å². The van der Waals surface area contributed by atoms with Gasteiger partial charge < -0.3 is 9.64 Å². The van der Waals surface area contributed by atoms with Gasteiger partial charge in [-0.15, -0.1) is 0 Å². The van der Waals surface area contributed by atoms with E-state index in [1.165, 1.54) is 11.8 Å². The lowest BCUT2D eigenvalue weighted by atomic mass is 9.75. The Hall–Kier alpha value is -2.59. The van der Waals surface area contributed by atoms with E-state index in [2.05, 4.69) is 16.1 Å². The van der Waals surface area contributed by atoms with Gasteiger partial charge in [0.2, 0.25) is 5.91 Å². The summed E-state index contributed by atoms with van der Waals surface area (Å²) in [6.45, 7) is 5.39. The fourth-order valence-electron chi connectivity index (χ4n) is 2.79. The Labute approximate surface area is 166 Å². The zero-order chi connectivity index (χ0) is 21.7. The molecule has 0 bridgehead atoms. The zero-order valence-corrected chi connectivity index (χ0v) is 17.5. The lowest BCUT2D eigenvalue weighted by Gasteiger charge is -2.29. The van der Waals surface area contributed by atoms with Crippen LogP contribution in [-0.4, -0.2) is 49.8 Å². The van der Waals surface area contributed by atoms with E-state index in [9.17, 15) is 19.6 Å². The van der Waals surface area contributed by atoms with Gasteiger partial charge in [0.15, 0.2) is 0 Å². The molecule has 0 aliphatic heterocycles. The van der Waals surface area contributed by atoms with Crippen molar-refractivity contribution in [2.75, 3.05) is 27.2 Å². The Balaban J connectivity index is 4.88. The van der Waals surface area contributed by atoms with Gasteiger partial charge in [0.25, 0.3) is 0 Å². The quantitative estimate of drug-likeness (QED) is 0.155. The van der Waals surface area contributed by atoms with Gasteiger partial charge in [-0.2, -0.15) is 5.26 Å². The minimum Gasteiger partial charge on any atom is -0.466 e. The van der Waals surface area contributed by atoms with Crippen molar-refractivity contribution in [3.63, 3.8) is 0 Å². The SMILES string of the molecule is CC(=O)C(C)CC(CC(C)(C#N)CCC(=O)OCCCN=[N+]=[N-])C(=O)N(C)C. The molecule has 0 rings (SSSR count). The largest absolute Gasteiger partial charge is 0.466 e. The Morgan fingerprint density at radius 1 is 1.36 bits per heavy atom. The van der Waals surface area contributed by atoms with E-state index in [1.54, 1.807) is 27.9 Å². The monoisotopic (exact) mass is 393 g/mol. The highest BCUT2D eigenvalue weighted by molar-refractivity contribution is 5.81. The van der Waals surface area contributed by atoms with Crippen LogP contribution in [0, 0.1) is 28.6 Å². The maximum absolute atomic E-state index is 12.5. The molecule has 0 aromatic carbocycles. The Kier molecular flexibility index (Phi) is 11.6. The van der Waals surface area contributed by atoms with Crippen molar-refractivity contribution in [3.8, 4) is 6.07 Å². The number of amides is 1. The second-order valence-electron chi connectivity index (χ2n) is 7.58. The summed E-state index contributed by atoms with van der Waals surface area (Å²) in [7, 11) is 3.29. The average molecular weight is 393 g/mol. The number of hydrogen-bond acceptors (Lipinski definition) is 6. The number of nitrogens with zero attached hydrogens (tertiary/aromatic N) is 5. The second-order valence-corrected chi connectivity index (χ2v) is 7.58. The van der Waals surface area contributed by atoms with Crippen molar-refractivity contribution < 1.29 is 19.1 Å². The highest BCUT2D eigenvalue weighted by Crippen LogP contribution is 2.34. The van der Waals surface area contributed by atoms with Crippen molar-refractivity contribution in [3.05, 3.63) is 10.4 Å². The Morgan fingerprint density at radius 2 is 2.00 bits per heavy atom. The topological polar surface area (TPSA) is 136 Å². The first-order chi connectivity index (χ1) is 13.1. The molecule has 156 valence electrons. The summed E-state index contributed by atoms with van der Waals surface area (Å²) >= 11 is 0. The number of carbonyl (C=O) groups is 3. The normalized spacial score (nSPS) is 14.6. The van der Waals surface area contributed by atoms with E-state index < -0.39 is 17.3 Å². The van der Waals surface area contributed by atoms with Crippen molar-refractivity contribution in [2.24, 2.45) is 22.4 Å². The number of rotatable bonds is 13. The maximum atomic E-state index is 12.5. The van der Waals surface area contributed by atoms with Crippen LogP contribution in [0.1, 0.15) is 52.9 Å². The molecule has 0 N–H and O–H groups in total. The number of azide groups is 1. The number of nitriles is 1. The summed E-state index contributed by atoms with van der Waals surface area (Å²) in [5.41, 5.74) is 7.29. The number of ether oxygens (including phenoxy) is 1. The maximum Gasteiger partial charge on any atom is 0.305 e. The number of hydrogen-bond donors (Lipinski definition) is 0. The van der Waals surface area contributed by atoms with E-state index in [4.69, 9.17) is 10.3 Å². The van der Waals surface area contributed by atoms with Gasteiger partial charge in [-0.05, 0) is 45.1 Å². The third-order valence-electron chi connectivity index (χ3n) is 4.70. The summed E-state index contributed by atoms with van der Waals surface area (Å²) in [4.78, 5) is 40.1.